The van der Waals surface area contributed by atoms with Crippen LogP contribution >= 0.6 is 0 Å². The summed E-state index contributed by atoms with van der Waals surface area (Å²) >= 11 is 0. The van der Waals surface area contributed by atoms with Gasteiger partial charge in [-0.25, -0.2) is 0 Å². The first-order chi connectivity index (χ1) is 8.84. The lowest BCUT2D eigenvalue weighted by molar-refractivity contribution is -0.174. The van der Waals surface area contributed by atoms with Crippen molar-refractivity contribution in [3.05, 3.63) is 0 Å². The second kappa shape index (κ2) is 5.28. The molecule has 2 rings (SSSR count). The van der Waals surface area contributed by atoms with Crippen LogP contribution in [0.25, 0.3) is 0 Å². The summed E-state index contributed by atoms with van der Waals surface area (Å²) in [7, 11) is 0. The Morgan fingerprint density at radius 2 is 2.05 bits per heavy atom. The van der Waals surface area contributed by atoms with E-state index in [1.807, 2.05) is 6.92 Å². The molecule has 1 saturated heterocycles. The van der Waals surface area contributed by atoms with Gasteiger partial charge in [-0.15, -0.1) is 0 Å². The van der Waals surface area contributed by atoms with E-state index in [1.54, 1.807) is 4.90 Å². The van der Waals surface area contributed by atoms with E-state index in [1.165, 1.54) is 0 Å². The Kier molecular flexibility index (Phi) is 4.06. The molecule has 1 atom stereocenters. The zero-order valence-electron chi connectivity index (χ0n) is 10.9. The lowest BCUT2D eigenvalue weighted by Gasteiger charge is -2.22. The van der Waals surface area contributed by atoms with Crippen molar-refractivity contribution >= 4 is 5.91 Å². The molecule has 2 fully saturated rings. The molecule has 4 nitrogen and oxygen atoms in total. The standard InChI is InChI=1S/C12H19F3N2O2/c1-9-16-11(4-2-3-5-11)10(18)17(9)6-7-19-8-12(13,14)15/h9,16H,2-8H2,1H3. The van der Waals surface area contributed by atoms with Gasteiger partial charge in [0.05, 0.1) is 18.3 Å². The summed E-state index contributed by atoms with van der Waals surface area (Å²) in [4.78, 5) is 13.9. The van der Waals surface area contributed by atoms with E-state index in [0.717, 1.165) is 25.7 Å². The highest BCUT2D eigenvalue weighted by Gasteiger charge is 2.50. The number of nitrogens with one attached hydrogen (secondary N) is 1. The van der Waals surface area contributed by atoms with Crippen LogP contribution in [0.3, 0.4) is 0 Å². The molecule has 1 N–H and O–H groups in total. The van der Waals surface area contributed by atoms with Crippen molar-refractivity contribution in [2.45, 2.75) is 50.5 Å². The molecule has 1 aliphatic carbocycles. The first-order valence-corrected chi connectivity index (χ1v) is 6.57. The lowest BCUT2D eigenvalue weighted by atomic mass is 9.98. The summed E-state index contributed by atoms with van der Waals surface area (Å²) in [5.74, 6) is 0.00751. The number of hydrogen-bond acceptors (Lipinski definition) is 3. The monoisotopic (exact) mass is 280 g/mol. The highest BCUT2D eigenvalue weighted by atomic mass is 19.4. The van der Waals surface area contributed by atoms with Crippen LogP contribution in [0, 0.1) is 0 Å². The Bertz CT molecular complexity index is 340. The second-order valence-corrected chi connectivity index (χ2v) is 5.28. The first kappa shape index (κ1) is 14.6. The molecule has 1 aliphatic heterocycles. The van der Waals surface area contributed by atoms with Gasteiger partial charge in [0, 0.05) is 6.54 Å². The van der Waals surface area contributed by atoms with Crippen molar-refractivity contribution in [2.24, 2.45) is 0 Å². The number of carbonyl (C=O) groups is 1. The summed E-state index contributed by atoms with van der Waals surface area (Å²) in [5, 5.41) is 3.28. The third-order valence-electron chi connectivity index (χ3n) is 3.82. The molecule has 1 unspecified atom stereocenters. The molecule has 0 aromatic heterocycles. The van der Waals surface area contributed by atoms with Crippen molar-refractivity contribution in [1.82, 2.24) is 10.2 Å². The molecule has 1 spiro atoms. The summed E-state index contributed by atoms with van der Waals surface area (Å²) in [6, 6.07) is 0. The lowest BCUT2D eigenvalue weighted by Crippen LogP contribution is -2.44. The highest BCUT2D eigenvalue weighted by Crippen LogP contribution is 2.36. The van der Waals surface area contributed by atoms with Crippen molar-refractivity contribution in [3.63, 3.8) is 0 Å². The SMILES string of the molecule is CC1NC2(CCCC2)C(=O)N1CCOCC(F)(F)F. The molecule has 19 heavy (non-hydrogen) atoms. The Hall–Kier alpha value is -0.820. The van der Waals surface area contributed by atoms with Crippen LogP contribution in [-0.2, 0) is 9.53 Å². The average molecular weight is 280 g/mol. The molecule has 1 heterocycles. The van der Waals surface area contributed by atoms with Crippen LogP contribution in [0.15, 0.2) is 0 Å². The summed E-state index contributed by atoms with van der Waals surface area (Å²) in [5.41, 5.74) is -0.469. The van der Waals surface area contributed by atoms with Gasteiger partial charge >= 0.3 is 6.18 Å². The molecule has 0 bridgehead atoms. The topological polar surface area (TPSA) is 41.6 Å². The predicted molar refractivity (Wildman–Crippen MR) is 62.4 cm³/mol. The second-order valence-electron chi connectivity index (χ2n) is 5.28. The van der Waals surface area contributed by atoms with Crippen molar-refractivity contribution in [1.29, 1.82) is 0 Å². The van der Waals surface area contributed by atoms with Crippen LogP contribution < -0.4 is 5.32 Å². The summed E-state index contributed by atoms with van der Waals surface area (Å²) in [6.45, 7) is 0.703. The molecule has 1 saturated carbocycles. The van der Waals surface area contributed by atoms with Gasteiger partial charge in [-0.1, -0.05) is 12.8 Å². The highest BCUT2D eigenvalue weighted by molar-refractivity contribution is 5.89. The van der Waals surface area contributed by atoms with Gasteiger partial charge in [0.25, 0.3) is 0 Å². The maximum absolute atomic E-state index is 12.3. The normalized spacial score (nSPS) is 26.6. The van der Waals surface area contributed by atoms with Crippen LogP contribution in [0.2, 0.25) is 0 Å². The molecule has 0 aromatic rings. The van der Waals surface area contributed by atoms with Crippen LogP contribution in [0.1, 0.15) is 32.6 Å². The zero-order chi connectivity index (χ0) is 14.1. The van der Waals surface area contributed by atoms with E-state index in [4.69, 9.17) is 0 Å². The van der Waals surface area contributed by atoms with Gasteiger partial charge in [-0.2, -0.15) is 13.2 Å². The fourth-order valence-electron chi connectivity index (χ4n) is 2.97. The van der Waals surface area contributed by atoms with Gasteiger partial charge < -0.3 is 9.64 Å². The fourth-order valence-corrected chi connectivity index (χ4v) is 2.97. The maximum Gasteiger partial charge on any atom is 0.411 e. The van der Waals surface area contributed by atoms with E-state index in [-0.39, 0.29) is 25.2 Å². The number of amides is 1. The van der Waals surface area contributed by atoms with E-state index in [9.17, 15) is 18.0 Å². The molecule has 0 radical (unpaired) electrons. The third kappa shape index (κ3) is 3.20. The van der Waals surface area contributed by atoms with E-state index >= 15 is 0 Å². The molecule has 0 aromatic carbocycles. The van der Waals surface area contributed by atoms with E-state index < -0.39 is 18.3 Å². The minimum atomic E-state index is -4.31. The van der Waals surface area contributed by atoms with Gasteiger partial charge in [-0.3, -0.25) is 10.1 Å². The smallest absolute Gasteiger partial charge is 0.370 e. The van der Waals surface area contributed by atoms with Crippen molar-refractivity contribution in [3.8, 4) is 0 Å². The van der Waals surface area contributed by atoms with E-state index in [0.29, 0.717) is 0 Å². The Morgan fingerprint density at radius 3 is 2.63 bits per heavy atom. The molecule has 7 heteroatoms. The summed E-state index contributed by atoms with van der Waals surface area (Å²) < 4.78 is 40.4. The van der Waals surface area contributed by atoms with Crippen LogP contribution in [-0.4, -0.2) is 48.4 Å². The van der Waals surface area contributed by atoms with Crippen LogP contribution in [0.5, 0.6) is 0 Å². The number of halogens is 3. The van der Waals surface area contributed by atoms with Crippen LogP contribution in [0.4, 0.5) is 13.2 Å². The molecular weight excluding hydrogens is 261 g/mol. The average Bonchev–Trinajstić information content (AvgIpc) is 2.84. The number of ether oxygens (including phenoxy) is 1. The Morgan fingerprint density at radius 1 is 1.42 bits per heavy atom. The minimum Gasteiger partial charge on any atom is -0.370 e. The van der Waals surface area contributed by atoms with Crippen molar-refractivity contribution < 1.29 is 22.7 Å². The van der Waals surface area contributed by atoms with Gasteiger partial charge in [-0.05, 0) is 19.8 Å². The molecule has 110 valence electrons. The number of alkyl halides is 3. The number of rotatable bonds is 4. The Labute approximate surface area is 110 Å². The predicted octanol–water partition coefficient (Wildman–Crippen LogP) is 1.66. The fraction of sp³-hybridized carbons (Fsp3) is 0.917. The molecule has 2 aliphatic rings. The minimum absolute atomic E-state index is 0.00751. The van der Waals surface area contributed by atoms with Gasteiger partial charge in [0.2, 0.25) is 5.91 Å². The summed E-state index contributed by atoms with van der Waals surface area (Å²) in [6.07, 6.45) is -0.786. The molecular formula is C12H19F3N2O2. The maximum atomic E-state index is 12.3. The number of nitrogens with zero attached hydrogens (tertiary/aromatic N) is 1. The van der Waals surface area contributed by atoms with Gasteiger partial charge in [0.1, 0.15) is 6.61 Å². The first-order valence-electron chi connectivity index (χ1n) is 6.57. The van der Waals surface area contributed by atoms with Crippen molar-refractivity contribution in [2.75, 3.05) is 19.8 Å². The third-order valence-corrected chi connectivity index (χ3v) is 3.82. The quantitative estimate of drug-likeness (QED) is 0.796. The number of carbonyl (C=O) groups excluding carboxylic acids is 1. The largest absolute Gasteiger partial charge is 0.411 e. The van der Waals surface area contributed by atoms with E-state index in [2.05, 4.69) is 10.1 Å². The zero-order valence-corrected chi connectivity index (χ0v) is 10.9. The number of hydrogen-bond donors (Lipinski definition) is 1. The Balaban J connectivity index is 1.82. The van der Waals surface area contributed by atoms with Gasteiger partial charge in [0.15, 0.2) is 0 Å². The molecule has 1 amide bonds.